The van der Waals surface area contributed by atoms with Crippen molar-refractivity contribution in [3.63, 3.8) is 0 Å². The molecule has 40 heavy (non-hydrogen) atoms. The first-order chi connectivity index (χ1) is 19.4. The molecule has 0 bridgehead atoms. The van der Waals surface area contributed by atoms with E-state index in [4.69, 9.17) is 11.6 Å². The summed E-state index contributed by atoms with van der Waals surface area (Å²) in [7, 11) is 0. The topological polar surface area (TPSA) is 15.3 Å². The monoisotopic (exact) mass is 550 g/mol. The van der Waals surface area contributed by atoms with Crippen molar-refractivity contribution in [2.45, 2.75) is 50.9 Å². The van der Waals surface area contributed by atoms with E-state index in [0.29, 0.717) is 0 Å². The van der Waals surface area contributed by atoms with Crippen LogP contribution in [0.5, 0.6) is 0 Å². The molecule has 1 unspecified atom stereocenters. The Hall–Kier alpha value is -2.91. The van der Waals surface area contributed by atoms with Crippen LogP contribution < -0.4 is 5.32 Å². The molecule has 1 heterocycles. The van der Waals surface area contributed by atoms with E-state index in [-0.39, 0.29) is 10.8 Å². The van der Waals surface area contributed by atoms with Crippen LogP contribution >= 0.6 is 11.6 Å². The molecule has 1 N–H and O–H groups in total. The van der Waals surface area contributed by atoms with Crippen molar-refractivity contribution in [1.29, 1.82) is 0 Å². The molecule has 1 atom stereocenters. The van der Waals surface area contributed by atoms with E-state index < -0.39 is 0 Å². The number of likely N-dealkylation sites (tertiary alicyclic amines) is 1. The molecule has 0 aromatic heterocycles. The molecular formula is C37H43ClN2. The summed E-state index contributed by atoms with van der Waals surface area (Å²) in [6, 6.07) is 38.0. The molecule has 4 aromatic rings. The molecule has 1 aliphatic heterocycles. The third-order valence-corrected chi connectivity index (χ3v) is 9.39. The van der Waals surface area contributed by atoms with Crippen LogP contribution in [0.1, 0.15) is 59.6 Å². The highest BCUT2D eigenvalue weighted by Crippen LogP contribution is 2.43. The lowest BCUT2D eigenvalue weighted by molar-refractivity contribution is 0.150. The zero-order valence-corrected chi connectivity index (χ0v) is 25.1. The molecule has 1 aliphatic rings. The largest absolute Gasteiger partial charge is 0.316 e. The number of rotatable bonds is 10. The van der Waals surface area contributed by atoms with Crippen LogP contribution in [0.15, 0.2) is 103 Å². The fourth-order valence-electron chi connectivity index (χ4n) is 6.60. The van der Waals surface area contributed by atoms with E-state index in [9.17, 15) is 0 Å². The van der Waals surface area contributed by atoms with Crippen molar-refractivity contribution in [2.24, 2.45) is 0 Å². The smallest absolute Gasteiger partial charge is 0.0463 e. The van der Waals surface area contributed by atoms with Gasteiger partial charge in [-0.3, -0.25) is 0 Å². The van der Waals surface area contributed by atoms with Gasteiger partial charge in [-0.15, -0.1) is 0 Å². The van der Waals surface area contributed by atoms with E-state index in [1.165, 1.54) is 46.2 Å². The first-order valence-corrected chi connectivity index (χ1v) is 15.2. The Labute approximate surface area is 246 Å². The minimum absolute atomic E-state index is 0.198. The van der Waals surface area contributed by atoms with Crippen LogP contribution in [-0.2, 0) is 10.8 Å². The summed E-state index contributed by atoms with van der Waals surface area (Å²) in [5, 5.41) is 4.46. The highest BCUT2D eigenvalue weighted by molar-refractivity contribution is 6.30. The standard InChI is InChI=1S/C37H43ClN2/c1-4-39-28-36(31-14-10-29(2)11-15-31)22-25-40(26-23-36)27-24-37(32-8-6-5-7-9-32,33-16-12-30(3)13-17-33)34-18-20-35(38)21-19-34/h5-21,39H,4,22-28H2,1-3H3. The van der Waals surface area contributed by atoms with Gasteiger partial charge in [-0.05, 0) is 93.7 Å². The summed E-state index contributed by atoms with van der Waals surface area (Å²) in [6.45, 7) is 11.9. The minimum atomic E-state index is -0.255. The van der Waals surface area contributed by atoms with Crippen LogP contribution in [0, 0.1) is 13.8 Å². The van der Waals surface area contributed by atoms with Gasteiger partial charge >= 0.3 is 0 Å². The van der Waals surface area contributed by atoms with Gasteiger partial charge in [0.15, 0.2) is 0 Å². The van der Waals surface area contributed by atoms with Crippen LogP contribution in [0.2, 0.25) is 5.02 Å². The van der Waals surface area contributed by atoms with Gasteiger partial charge in [0.1, 0.15) is 0 Å². The first-order valence-electron chi connectivity index (χ1n) is 14.8. The average Bonchev–Trinajstić information content (AvgIpc) is 2.99. The molecule has 0 spiro atoms. The van der Waals surface area contributed by atoms with Gasteiger partial charge < -0.3 is 10.2 Å². The summed E-state index contributed by atoms with van der Waals surface area (Å²) in [5.41, 5.74) is 8.01. The van der Waals surface area contributed by atoms with Gasteiger partial charge in [-0.1, -0.05) is 121 Å². The zero-order valence-electron chi connectivity index (χ0n) is 24.3. The van der Waals surface area contributed by atoms with Gasteiger partial charge in [0.2, 0.25) is 0 Å². The Morgan fingerprint density at radius 2 is 1.25 bits per heavy atom. The second-order valence-electron chi connectivity index (χ2n) is 11.7. The van der Waals surface area contributed by atoms with Gasteiger partial charge in [-0.2, -0.15) is 0 Å². The number of aryl methyl sites for hydroxylation is 2. The van der Waals surface area contributed by atoms with Crippen molar-refractivity contribution >= 4 is 11.6 Å². The van der Waals surface area contributed by atoms with Crippen molar-refractivity contribution < 1.29 is 0 Å². The molecule has 0 amide bonds. The van der Waals surface area contributed by atoms with E-state index in [0.717, 1.165) is 44.2 Å². The van der Waals surface area contributed by atoms with Crippen LogP contribution in [-0.4, -0.2) is 37.6 Å². The molecule has 1 fully saturated rings. The van der Waals surface area contributed by atoms with Crippen molar-refractivity contribution in [2.75, 3.05) is 32.7 Å². The van der Waals surface area contributed by atoms with E-state index in [1.807, 2.05) is 12.1 Å². The Morgan fingerprint density at radius 1 is 0.725 bits per heavy atom. The summed E-state index contributed by atoms with van der Waals surface area (Å²) in [5.74, 6) is 0. The number of nitrogens with zero attached hydrogens (tertiary/aromatic N) is 1. The van der Waals surface area contributed by atoms with E-state index in [2.05, 4.69) is 122 Å². The highest BCUT2D eigenvalue weighted by Gasteiger charge is 2.39. The first kappa shape index (κ1) is 28.6. The van der Waals surface area contributed by atoms with Crippen LogP contribution in [0.3, 0.4) is 0 Å². The van der Waals surface area contributed by atoms with Crippen molar-refractivity contribution in [1.82, 2.24) is 10.2 Å². The number of nitrogens with one attached hydrogen (secondary N) is 1. The average molecular weight is 551 g/mol. The van der Waals surface area contributed by atoms with Crippen LogP contribution in [0.25, 0.3) is 0 Å². The second-order valence-corrected chi connectivity index (χ2v) is 12.1. The lowest BCUT2D eigenvalue weighted by atomic mass is 9.67. The number of halogens is 1. The maximum Gasteiger partial charge on any atom is 0.0463 e. The van der Waals surface area contributed by atoms with E-state index >= 15 is 0 Å². The lowest BCUT2D eigenvalue weighted by Gasteiger charge is -2.44. The maximum atomic E-state index is 6.38. The van der Waals surface area contributed by atoms with Gasteiger partial charge in [-0.25, -0.2) is 0 Å². The predicted octanol–water partition coefficient (Wildman–Crippen LogP) is 8.32. The molecule has 1 saturated heterocycles. The Balaban J connectivity index is 1.44. The van der Waals surface area contributed by atoms with Crippen LogP contribution in [0.4, 0.5) is 0 Å². The zero-order chi connectivity index (χ0) is 28.0. The van der Waals surface area contributed by atoms with E-state index in [1.54, 1.807) is 0 Å². The number of hydrogen-bond acceptors (Lipinski definition) is 2. The molecule has 0 aliphatic carbocycles. The number of benzene rings is 4. The quantitative estimate of drug-likeness (QED) is 0.200. The predicted molar refractivity (Wildman–Crippen MR) is 171 cm³/mol. The second kappa shape index (κ2) is 12.7. The normalized spacial score (nSPS) is 16.9. The number of likely N-dealkylation sites (N-methyl/N-ethyl adjacent to an activating group) is 1. The number of hydrogen-bond donors (Lipinski definition) is 1. The highest BCUT2D eigenvalue weighted by atomic mass is 35.5. The molecule has 5 rings (SSSR count). The SMILES string of the molecule is CCNCC1(c2ccc(C)cc2)CCN(CCC(c2ccccc2)(c2ccc(C)cc2)c2ccc(Cl)cc2)CC1. The molecule has 4 aromatic carbocycles. The molecule has 0 radical (unpaired) electrons. The minimum Gasteiger partial charge on any atom is -0.316 e. The molecule has 208 valence electrons. The van der Waals surface area contributed by atoms with Gasteiger partial charge in [0.25, 0.3) is 0 Å². The van der Waals surface area contributed by atoms with Crippen molar-refractivity contribution in [3.8, 4) is 0 Å². The summed E-state index contributed by atoms with van der Waals surface area (Å²) < 4.78 is 0. The lowest BCUT2D eigenvalue weighted by Crippen LogP contribution is -2.49. The van der Waals surface area contributed by atoms with Crippen molar-refractivity contribution in [3.05, 3.63) is 142 Å². The maximum absolute atomic E-state index is 6.38. The Bertz CT molecular complexity index is 1290. The molecular weight excluding hydrogens is 508 g/mol. The third-order valence-electron chi connectivity index (χ3n) is 9.14. The van der Waals surface area contributed by atoms with Gasteiger partial charge in [0.05, 0.1) is 0 Å². The Kier molecular flexibility index (Phi) is 9.10. The summed E-state index contributed by atoms with van der Waals surface area (Å²) >= 11 is 6.38. The number of piperidine rings is 1. The molecule has 0 saturated carbocycles. The Morgan fingerprint density at radius 3 is 1.82 bits per heavy atom. The fourth-order valence-corrected chi connectivity index (χ4v) is 6.72. The fraction of sp³-hybridized carbons (Fsp3) is 0.351. The van der Waals surface area contributed by atoms with Gasteiger partial charge in [0, 0.05) is 22.4 Å². The molecule has 2 nitrogen and oxygen atoms in total. The third kappa shape index (κ3) is 6.05. The molecule has 3 heteroatoms. The summed E-state index contributed by atoms with van der Waals surface area (Å²) in [4.78, 5) is 2.69. The summed E-state index contributed by atoms with van der Waals surface area (Å²) in [6.07, 6.45) is 3.35.